The zero-order chi connectivity index (χ0) is 22.0. The molecule has 0 amide bonds. The lowest BCUT2D eigenvalue weighted by Gasteiger charge is -2.36. The van der Waals surface area contributed by atoms with Gasteiger partial charge in [0.2, 0.25) is 10.0 Å². The van der Waals surface area contributed by atoms with Crippen LogP contribution in [0.15, 0.2) is 77.3 Å². The van der Waals surface area contributed by atoms with Crippen molar-refractivity contribution in [1.29, 1.82) is 10.5 Å². The molecular formula is C23H23N3O3S. The van der Waals surface area contributed by atoms with Crippen molar-refractivity contribution < 1.29 is 12.8 Å². The summed E-state index contributed by atoms with van der Waals surface area (Å²) in [6, 6.07) is 12.9. The predicted molar refractivity (Wildman–Crippen MR) is 112 cm³/mol. The second-order valence-corrected chi connectivity index (χ2v) is 9.47. The number of nitrogens with zero attached hydrogens (tertiary/aromatic N) is 3. The van der Waals surface area contributed by atoms with Crippen LogP contribution in [0.3, 0.4) is 0 Å². The predicted octanol–water partition coefficient (Wildman–Crippen LogP) is 4.51. The minimum Gasteiger partial charge on any atom is -0.468 e. The molecule has 1 saturated heterocycles. The maximum Gasteiger partial charge on any atom is 0.243 e. The quantitative estimate of drug-likeness (QED) is 0.613. The molecule has 2 aromatic rings. The lowest BCUT2D eigenvalue weighted by atomic mass is 9.60. The molecule has 7 heteroatoms. The summed E-state index contributed by atoms with van der Waals surface area (Å²) in [6.45, 7) is 9.40. The van der Waals surface area contributed by atoms with Gasteiger partial charge in [0.15, 0.2) is 5.41 Å². The normalized spacial score (nSPS) is 20.2. The van der Waals surface area contributed by atoms with E-state index in [-0.39, 0.29) is 30.0 Å². The van der Waals surface area contributed by atoms with Crippen molar-refractivity contribution in [1.82, 2.24) is 4.31 Å². The van der Waals surface area contributed by atoms with Gasteiger partial charge < -0.3 is 4.42 Å². The first-order valence-corrected chi connectivity index (χ1v) is 10.9. The fraction of sp³-hybridized carbons (Fsp3) is 0.304. The van der Waals surface area contributed by atoms with E-state index < -0.39 is 26.9 Å². The maximum atomic E-state index is 13.7. The van der Waals surface area contributed by atoms with Gasteiger partial charge in [-0.3, -0.25) is 0 Å². The summed E-state index contributed by atoms with van der Waals surface area (Å²) in [6.07, 6.45) is 5.20. The number of nitriles is 2. The summed E-state index contributed by atoms with van der Waals surface area (Å²) >= 11 is 0. The molecule has 6 nitrogen and oxygen atoms in total. The van der Waals surface area contributed by atoms with Gasteiger partial charge in [-0.15, -0.1) is 13.2 Å². The maximum absolute atomic E-state index is 13.7. The van der Waals surface area contributed by atoms with Gasteiger partial charge >= 0.3 is 0 Å². The summed E-state index contributed by atoms with van der Waals surface area (Å²) in [7, 11) is -4.03. The molecule has 30 heavy (non-hydrogen) atoms. The Labute approximate surface area is 177 Å². The highest BCUT2D eigenvalue weighted by Crippen LogP contribution is 2.61. The number of aryl methyl sites for hydroxylation is 1. The number of allylic oxidation sites excluding steroid dienone is 2. The first-order valence-electron chi connectivity index (χ1n) is 9.48. The third-order valence-corrected chi connectivity index (χ3v) is 7.68. The van der Waals surface area contributed by atoms with E-state index in [1.807, 2.05) is 6.92 Å². The van der Waals surface area contributed by atoms with Crippen LogP contribution < -0.4 is 0 Å². The van der Waals surface area contributed by atoms with Crippen LogP contribution >= 0.6 is 0 Å². The average Bonchev–Trinajstić information content (AvgIpc) is 3.34. The molecule has 0 saturated carbocycles. The van der Waals surface area contributed by atoms with Crippen LogP contribution in [-0.2, 0) is 10.0 Å². The number of benzene rings is 1. The Hall–Kier alpha value is -3.13. The third kappa shape index (κ3) is 3.08. The first kappa shape index (κ1) is 21.6. The van der Waals surface area contributed by atoms with Crippen molar-refractivity contribution >= 4 is 10.0 Å². The van der Waals surface area contributed by atoms with Gasteiger partial charge in [-0.1, -0.05) is 29.8 Å². The third-order valence-electron chi connectivity index (χ3n) is 5.86. The molecule has 0 bridgehead atoms. The fourth-order valence-corrected chi connectivity index (χ4v) is 6.07. The smallest absolute Gasteiger partial charge is 0.243 e. The fourth-order valence-electron chi connectivity index (χ4n) is 4.36. The van der Waals surface area contributed by atoms with E-state index >= 15 is 0 Å². The molecule has 1 fully saturated rings. The van der Waals surface area contributed by atoms with Crippen LogP contribution in [-0.4, -0.2) is 19.3 Å². The molecule has 1 aromatic heterocycles. The summed E-state index contributed by atoms with van der Waals surface area (Å²) in [5, 5.41) is 20.5. The van der Waals surface area contributed by atoms with E-state index in [0.29, 0.717) is 0 Å². The molecule has 1 aliphatic rings. The topological polar surface area (TPSA) is 98.1 Å². The largest absolute Gasteiger partial charge is 0.468 e. The summed E-state index contributed by atoms with van der Waals surface area (Å²) < 4.78 is 34.1. The Morgan fingerprint density at radius 1 is 1.17 bits per heavy atom. The van der Waals surface area contributed by atoms with Crippen molar-refractivity contribution in [3.63, 3.8) is 0 Å². The van der Waals surface area contributed by atoms with Crippen molar-refractivity contribution in [2.24, 2.45) is 10.8 Å². The molecule has 0 aliphatic carbocycles. The van der Waals surface area contributed by atoms with Gasteiger partial charge in [0.05, 0.1) is 23.3 Å². The molecule has 154 valence electrons. The van der Waals surface area contributed by atoms with E-state index in [1.54, 1.807) is 36.4 Å². The lowest BCUT2D eigenvalue weighted by Crippen LogP contribution is -2.39. The van der Waals surface area contributed by atoms with Crippen molar-refractivity contribution in [3.8, 4) is 12.1 Å². The Balaban J connectivity index is 2.30. The molecule has 1 atom stereocenters. The first-order chi connectivity index (χ1) is 14.3. The monoisotopic (exact) mass is 421 g/mol. The van der Waals surface area contributed by atoms with Crippen LogP contribution in [0.25, 0.3) is 0 Å². The van der Waals surface area contributed by atoms with Crippen molar-refractivity contribution in [3.05, 3.63) is 79.3 Å². The second kappa shape index (κ2) is 7.95. The molecule has 1 aliphatic heterocycles. The number of hydrogen-bond donors (Lipinski definition) is 0. The molecule has 2 heterocycles. The van der Waals surface area contributed by atoms with Gasteiger partial charge in [0.1, 0.15) is 11.8 Å². The van der Waals surface area contributed by atoms with Crippen LogP contribution in [0.5, 0.6) is 0 Å². The Kier molecular flexibility index (Phi) is 5.72. The highest BCUT2D eigenvalue weighted by molar-refractivity contribution is 7.89. The summed E-state index contributed by atoms with van der Waals surface area (Å²) in [4.78, 5) is 0.0995. The molecule has 3 rings (SSSR count). The van der Waals surface area contributed by atoms with Gasteiger partial charge in [0.25, 0.3) is 0 Å². The molecule has 0 N–H and O–H groups in total. The van der Waals surface area contributed by atoms with Crippen LogP contribution in [0, 0.1) is 40.4 Å². The molecule has 0 radical (unpaired) electrons. The minimum atomic E-state index is -4.03. The molecule has 1 aromatic carbocycles. The SMILES string of the molecule is C=CCC1(CC=C)CN(S(=O)(=O)c2ccc(C)cc2)[C@H](c2ccco2)C1(C#N)C#N. The molecule has 0 spiro atoms. The standard InChI is InChI=1S/C23H23N3O3S/c1-4-12-22(13-5-2)17-26(30(27,28)19-10-8-18(3)9-11-19)21(20-7-6-14-29-20)23(22,15-24)16-25/h4-11,14,21H,1-2,12-13,17H2,3H3/t21-/m1/s1. The zero-order valence-electron chi connectivity index (χ0n) is 16.8. The average molecular weight is 422 g/mol. The van der Waals surface area contributed by atoms with E-state index in [1.165, 1.54) is 22.7 Å². The zero-order valence-corrected chi connectivity index (χ0v) is 17.6. The lowest BCUT2D eigenvalue weighted by molar-refractivity contribution is 0.182. The summed E-state index contributed by atoms with van der Waals surface area (Å²) in [5.74, 6) is 0.254. The second-order valence-electron chi connectivity index (χ2n) is 7.58. The van der Waals surface area contributed by atoms with Gasteiger partial charge in [-0.25, -0.2) is 8.42 Å². The molecule has 0 unspecified atom stereocenters. The highest BCUT2D eigenvalue weighted by atomic mass is 32.2. The van der Waals surface area contributed by atoms with Crippen LogP contribution in [0.2, 0.25) is 0 Å². The minimum absolute atomic E-state index is 0.0340. The van der Waals surface area contributed by atoms with Crippen molar-refractivity contribution in [2.45, 2.75) is 30.7 Å². The number of sulfonamides is 1. The number of rotatable bonds is 7. The van der Waals surface area contributed by atoms with Crippen LogP contribution in [0.4, 0.5) is 0 Å². The Morgan fingerprint density at radius 3 is 2.23 bits per heavy atom. The van der Waals surface area contributed by atoms with E-state index in [4.69, 9.17) is 4.42 Å². The van der Waals surface area contributed by atoms with E-state index in [9.17, 15) is 18.9 Å². The number of furan rings is 1. The summed E-state index contributed by atoms with van der Waals surface area (Å²) in [5.41, 5.74) is -1.78. The van der Waals surface area contributed by atoms with Gasteiger partial charge in [0, 0.05) is 12.0 Å². The van der Waals surface area contributed by atoms with E-state index in [0.717, 1.165) is 5.56 Å². The van der Waals surface area contributed by atoms with E-state index in [2.05, 4.69) is 25.3 Å². The Bertz CT molecular complexity index is 1100. The molecular weight excluding hydrogens is 398 g/mol. The Morgan fingerprint density at radius 2 is 1.77 bits per heavy atom. The number of hydrogen-bond acceptors (Lipinski definition) is 5. The van der Waals surface area contributed by atoms with Gasteiger partial charge in [-0.2, -0.15) is 14.8 Å². The van der Waals surface area contributed by atoms with Gasteiger partial charge in [-0.05, 0) is 44.0 Å². The highest BCUT2D eigenvalue weighted by Gasteiger charge is 2.67. The van der Waals surface area contributed by atoms with Crippen molar-refractivity contribution in [2.75, 3.05) is 6.54 Å². The van der Waals surface area contributed by atoms with Crippen LogP contribution in [0.1, 0.15) is 30.2 Å².